The van der Waals surface area contributed by atoms with Gasteiger partial charge in [-0.3, -0.25) is 4.79 Å². The Kier molecular flexibility index (Phi) is 3.77. The third-order valence-electron chi connectivity index (χ3n) is 3.99. The predicted octanol–water partition coefficient (Wildman–Crippen LogP) is 1.61. The van der Waals surface area contributed by atoms with Crippen molar-refractivity contribution in [2.24, 2.45) is 11.8 Å². The number of aromatic nitrogens is 3. The highest BCUT2D eigenvalue weighted by Gasteiger charge is 2.27. The maximum Gasteiger partial charge on any atom is 0.307 e. The Morgan fingerprint density at radius 2 is 2.37 bits per heavy atom. The second-order valence-corrected chi connectivity index (χ2v) is 6.63. The molecule has 104 valence electrons. The standard InChI is InChI=1S/C13H19N3O2S/c17-13(18)10-3-4-16-12(7-10)14-11(15-16)6-9-2-1-5-19-8-9/h9-10H,1-8H2,(H,17,18). The van der Waals surface area contributed by atoms with Gasteiger partial charge >= 0.3 is 5.97 Å². The maximum absolute atomic E-state index is 11.0. The molecule has 0 saturated carbocycles. The number of aliphatic carboxylic acids is 1. The second-order valence-electron chi connectivity index (χ2n) is 5.48. The Labute approximate surface area is 116 Å². The van der Waals surface area contributed by atoms with Gasteiger partial charge in [0.05, 0.1) is 5.92 Å². The van der Waals surface area contributed by atoms with Crippen molar-refractivity contribution in [2.45, 2.75) is 38.6 Å². The molecule has 2 atom stereocenters. The maximum atomic E-state index is 11.0. The van der Waals surface area contributed by atoms with Gasteiger partial charge in [-0.15, -0.1) is 0 Å². The lowest BCUT2D eigenvalue weighted by atomic mass is 9.98. The predicted molar refractivity (Wildman–Crippen MR) is 73.2 cm³/mol. The molecule has 1 fully saturated rings. The normalized spacial score (nSPS) is 26.9. The largest absolute Gasteiger partial charge is 0.481 e. The van der Waals surface area contributed by atoms with E-state index in [4.69, 9.17) is 5.11 Å². The van der Waals surface area contributed by atoms with E-state index < -0.39 is 5.97 Å². The van der Waals surface area contributed by atoms with Crippen LogP contribution in [-0.4, -0.2) is 37.3 Å². The summed E-state index contributed by atoms with van der Waals surface area (Å²) in [5, 5.41) is 13.6. The van der Waals surface area contributed by atoms with Crippen molar-refractivity contribution >= 4 is 17.7 Å². The summed E-state index contributed by atoms with van der Waals surface area (Å²) in [6.45, 7) is 0.693. The van der Waals surface area contributed by atoms with Gasteiger partial charge in [-0.25, -0.2) is 9.67 Å². The molecular formula is C13H19N3O2S. The Hall–Kier alpha value is -1.04. The summed E-state index contributed by atoms with van der Waals surface area (Å²) in [4.78, 5) is 15.6. The number of nitrogens with zero attached hydrogens (tertiary/aromatic N) is 3. The van der Waals surface area contributed by atoms with Gasteiger partial charge < -0.3 is 5.11 Å². The lowest BCUT2D eigenvalue weighted by Crippen LogP contribution is -2.26. The Bertz CT molecular complexity index is 468. The lowest BCUT2D eigenvalue weighted by molar-refractivity contribution is -0.142. The molecule has 6 heteroatoms. The van der Waals surface area contributed by atoms with Crippen molar-refractivity contribution in [3.8, 4) is 0 Å². The van der Waals surface area contributed by atoms with E-state index in [0.29, 0.717) is 25.3 Å². The highest BCUT2D eigenvalue weighted by Crippen LogP contribution is 2.26. The van der Waals surface area contributed by atoms with E-state index in [9.17, 15) is 4.79 Å². The minimum Gasteiger partial charge on any atom is -0.481 e. The van der Waals surface area contributed by atoms with Crippen molar-refractivity contribution in [2.75, 3.05) is 11.5 Å². The topological polar surface area (TPSA) is 68.0 Å². The first-order chi connectivity index (χ1) is 9.22. The summed E-state index contributed by atoms with van der Waals surface area (Å²) in [5.41, 5.74) is 0. The highest BCUT2D eigenvalue weighted by molar-refractivity contribution is 7.99. The summed E-state index contributed by atoms with van der Waals surface area (Å²) >= 11 is 2.02. The lowest BCUT2D eigenvalue weighted by Gasteiger charge is -2.19. The minimum absolute atomic E-state index is 0.283. The zero-order valence-electron chi connectivity index (χ0n) is 10.9. The van der Waals surface area contributed by atoms with E-state index in [1.165, 1.54) is 24.3 Å². The molecule has 0 radical (unpaired) electrons. The summed E-state index contributed by atoms with van der Waals surface area (Å²) < 4.78 is 1.91. The number of carbonyl (C=O) groups is 1. The molecule has 1 aromatic rings. The molecule has 2 aliphatic rings. The Balaban J connectivity index is 1.67. The molecule has 0 aliphatic carbocycles. The van der Waals surface area contributed by atoms with Crippen LogP contribution in [0.4, 0.5) is 0 Å². The zero-order chi connectivity index (χ0) is 13.2. The molecule has 0 aromatic carbocycles. The van der Waals surface area contributed by atoms with Crippen LogP contribution in [0.2, 0.25) is 0 Å². The van der Waals surface area contributed by atoms with Crippen LogP contribution in [0.5, 0.6) is 0 Å². The average Bonchev–Trinajstić information content (AvgIpc) is 2.80. The van der Waals surface area contributed by atoms with E-state index in [1.807, 2.05) is 16.4 Å². The molecule has 0 bridgehead atoms. The number of hydrogen-bond donors (Lipinski definition) is 1. The van der Waals surface area contributed by atoms with Crippen molar-refractivity contribution < 1.29 is 9.90 Å². The number of thioether (sulfide) groups is 1. The van der Waals surface area contributed by atoms with Crippen molar-refractivity contribution in [3.63, 3.8) is 0 Å². The highest BCUT2D eigenvalue weighted by atomic mass is 32.2. The molecule has 0 spiro atoms. The molecule has 1 saturated heterocycles. The number of hydrogen-bond acceptors (Lipinski definition) is 4. The first-order valence-corrected chi connectivity index (χ1v) is 8.11. The fourth-order valence-corrected chi connectivity index (χ4v) is 4.04. The number of aryl methyl sites for hydroxylation is 1. The molecule has 2 aliphatic heterocycles. The zero-order valence-corrected chi connectivity index (χ0v) is 11.7. The monoisotopic (exact) mass is 281 g/mol. The molecule has 5 nitrogen and oxygen atoms in total. The van der Waals surface area contributed by atoms with Gasteiger partial charge in [0.15, 0.2) is 5.82 Å². The number of carboxylic acid groups (broad SMARTS) is 1. The molecule has 3 heterocycles. The van der Waals surface area contributed by atoms with Crippen LogP contribution in [0.1, 0.15) is 30.9 Å². The Morgan fingerprint density at radius 3 is 3.11 bits per heavy atom. The average molecular weight is 281 g/mol. The molecule has 0 amide bonds. The second kappa shape index (κ2) is 5.53. The number of carboxylic acids is 1. The van der Waals surface area contributed by atoms with Crippen molar-refractivity contribution in [1.29, 1.82) is 0 Å². The Morgan fingerprint density at radius 1 is 1.47 bits per heavy atom. The van der Waals surface area contributed by atoms with Crippen molar-refractivity contribution in [1.82, 2.24) is 14.8 Å². The van der Waals surface area contributed by atoms with E-state index in [2.05, 4.69) is 10.1 Å². The number of fused-ring (bicyclic) bond motifs is 1. The molecule has 19 heavy (non-hydrogen) atoms. The van der Waals surface area contributed by atoms with Crippen LogP contribution in [-0.2, 0) is 24.2 Å². The van der Waals surface area contributed by atoms with Crippen LogP contribution < -0.4 is 0 Å². The summed E-state index contributed by atoms with van der Waals surface area (Å²) in [6.07, 6.45) is 4.72. The van der Waals surface area contributed by atoms with Crippen LogP contribution >= 0.6 is 11.8 Å². The van der Waals surface area contributed by atoms with E-state index in [-0.39, 0.29) is 5.92 Å². The molecule has 1 aromatic heterocycles. The molecule has 3 rings (SSSR count). The quantitative estimate of drug-likeness (QED) is 0.911. The molecule has 1 N–H and O–H groups in total. The van der Waals surface area contributed by atoms with Gasteiger partial charge in [-0.2, -0.15) is 16.9 Å². The van der Waals surface area contributed by atoms with E-state index >= 15 is 0 Å². The fraction of sp³-hybridized carbons (Fsp3) is 0.769. The first-order valence-electron chi connectivity index (χ1n) is 6.95. The summed E-state index contributed by atoms with van der Waals surface area (Å²) in [7, 11) is 0. The van der Waals surface area contributed by atoms with Crippen LogP contribution in [0.3, 0.4) is 0 Å². The van der Waals surface area contributed by atoms with Gasteiger partial charge in [0.25, 0.3) is 0 Å². The summed E-state index contributed by atoms with van der Waals surface area (Å²) in [5.74, 6) is 3.96. The SMILES string of the molecule is O=C(O)C1CCn2nc(CC3CCCSC3)nc2C1. The smallest absolute Gasteiger partial charge is 0.307 e. The molecular weight excluding hydrogens is 262 g/mol. The van der Waals surface area contributed by atoms with Gasteiger partial charge in [0, 0.05) is 19.4 Å². The van der Waals surface area contributed by atoms with Crippen LogP contribution in [0.15, 0.2) is 0 Å². The number of rotatable bonds is 3. The van der Waals surface area contributed by atoms with Gasteiger partial charge in [0.1, 0.15) is 5.82 Å². The minimum atomic E-state index is -0.709. The fourth-order valence-electron chi connectivity index (χ4n) is 2.88. The summed E-state index contributed by atoms with van der Waals surface area (Å²) in [6, 6.07) is 0. The van der Waals surface area contributed by atoms with Crippen LogP contribution in [0, 0.1) is 11.8 Å². The van der Waals surface area contributed by atoms with Gasteiger partial charge in [0.2, 0.25) is 0 Å². The van der Waals surface area contributed by atoms with E-state index in [1.54, 1.807) is 0 Å². The van der Waals surface area contributed by atoms with Crippen LogP contribution in [0.25, 0.3) is 0 Å². The molecule has 2 unspecified atom stereocenters. The third-order valence-corrected chi connectivity index (χ3v) is 5.27. The van der Waals surface area contributed by atoms with Gasteiger partial charge in [-0.1, -0.05) is 0 Å². The third kappa shape index (κ3) is 2.94. The first kappa shape index (κ1) is 13.0. The van der Waals surface area contributed by atoms with Gasteiger partial charge in [-0.05, 0) is 36.7 Å². The van der Waals surface area contributed by atoms with E-state index in [0.717, 1.165) is 18.1 Å². The van der Waals surface area contributed by atoms with Crippen molar-refractivity contribution in [3.05, 3.63) is 11.6 Å².